The summed E-state index contributed by atoms with van der Waals surface area (Å²) in [4.78, 5) is 13.0. The average Bonchev–Trinajstić information content (AvgIpc) is 2.88. The van der Waals surface area contributed by atoms with Crippen LogP contribution in [-0.4, -0.2) is 5.91 Å². The molecule has 1 amide bonds. The highest BCUT2D eigenvalue weighted by Gasteiger charge is 2.17. The van der Waals surface area contributed by atoms with Crippen LogP contribution in [0.15, 0.2) is 96.7 Å². The van der Waals surface area contributed by atoms with E-state index in [1.165, 1.54) is 33.5 Å². The summed E-state index contributed by atoms with van der Waals surface area (Å²) in [7, 11) is 0. The smallest absolute Gasteiger partial charge is 0.251 e. The first-order valence-corrected chi connectivity index (χ1v) is 11.8. The Morgan fingerprint density at radius 3 is 2.44 bits per heavy atom. The van der Waals surface area contributed by atoms with Crippen LogP contribution >= 0.6 is 0 Å². The van der Waals surface area contributed by atoms with E-state index >= 15 is 0 Å². The second-order valence-electron chi connectivity index (χ2n) is 9.00. The van der Waals surface area contributed by atoms with Gasteiger partial charge in [0.1, 0.15) is 0 Å². The lowest BCUT2D eigenvalue weighted by Crippen LogP contribution is -2.37. The largest absolute Gasteiger partial charge is 0.322 e. The number of amides is 1. The fourth-order valence-corrected chi connectivity index (χ4v) is 4.50. The molecule has 3 nitrogen and oxygen atoms in total. The van der Waals surface area contributed by atoms with E-state index in [0.717, 1.165) is 36.2 Å². The molecule has 0 unspecified atom stereocenters. The van der Waals surface area contributed by atoms with E-state index < -0.39 is 0 Å². The van der Waals surface area contributed by atoms with Gasteiger partial charge in [0, 0.05) is 35.4 Å². The van der Waals surface area contributed by atoms with Gasteiger partial charge in [0.2, 0.25) is 0 Å². The van der Waals surface area contributed by atoms with Crippen LogP contribution in [0.4, 0.5) is 5.69 Å². The SMILES string of the molecule is Cc1ccc[n+](Cc2ccc(NC(=O)C3=Cc4cc(-c5ccccc5)ccc4CC3)cc2)c1C. The number of nitrogens with zero attached hydrogens (tertiary/aromatic N) is 1. The first kappa shape index (κ1) is 21.8. The summed E-state index contributed by atoms with van der Waals surface area (Å²) >= 11 is 0. The summed E-state index contributed by atoms with van der Waals surface area (Å²) in [6.45, 7) is 5.08. The maximum atomic E-state index is 13.0. The minimum absolute atomic E-state index is 0.0209. The lowest BCUT2D eigenvalue weighted by atomic mass is 9.89. The summed E-state index contributed by atoms with van der Waals surface area (Å²) in [5.41, 5.74) is 10.2. The number of carbonyl (C=O) groups excluding carboxylic acids is 1. The summed E-state index contributed by atoms with van der Waals surface area (Å²) < 4.78 is 2.25. The molecule has 1 aliphatic rings. The molecule has 0 saturated heterocycles. The summed E-state index contributed by atoms with van der Waals surface area (Å²) in [5, 5.41) is 3.09. The number of carbonyl (C=O) groups is 1. The number of aryl methyl sites for hydroxylation is 2. The maximum Gasteiger partial charge on any atom is 0.251 e. The topological polar surface area (TPSA) is 33.0 Å². The van der Waals surface area contributed by atoms with E-state index in [1.807, 2.05) is 24.3 Å². The zero-order valence-corrected chi connectivity index (χ0v) is 19.7. The van der Waals surface area contributed by atoms with Gasteiger partial charge >= 0.3 is 0 Å². The molecule has 0 atom stereocenters. The zero-order valence-electron chi connectivity index (χ0n) is 19.7. The highest BCUT2D eigenvalue weighted by Crippen LogP contribution is 2.29. The van der Waals surface area contributed by atoms with E-state index in [4.69, 9.17) is 0 Å². The van der Waals surface area contributed by atoms with Crippen LogP contribution in [0.2, 0.25) is 0 Å². The van der Waals surface area contributed by atoms with Gasteiger partial charge in [-0.05, 0) is 72.4 Å². The quantitative estimate of drug-likeness (QED) is 0.361. The third-order valence-corrected chi connectivity index (χ3v) is 6.72. The second kappa shape index (κ2) is 9.48. The number of aromatic nitrogens is 1. The molecule has 1 heterocycles. The number of fused-ring (bicyclic) bond motifs is 1. The molecule has 1 aromatic heterocycles. The van der Waals surface area contributed by atoms with Crippen molar-refractivity contribution in [3.63, 3.8) is 0 Å². The van der Waals surface area contributed by atoms with E-state index in [1.54, 1.807) is 0 Å². The summed E-state index contributed by atoms with van der Waals surface area (Å²) in [6, 6.07) is 29.3. The molecule has 168 valence electrons. The van der Waals surface area contributed by atoms with Crippen molar-refractivity contribution in [2.45, 2.75) is 33.2 Å². The van der Waals surface area contributed by atoms with Crippen LogP contribution in [0.25, 0.3) is 17.2 Å². The van der Waals surface area contributed by atoms with Crippen LogP contribution in [0, 0.1) is 13.8 Å². The molecule has 0 fully saturated rings. The Labute approximate surface area is 201 Å². The highest BCUT2D eigenvalue weighted by atomic mass is 16.1. The predicted octanol–water partition coefficient (Wildman–Crippen LogP) is 6.27. The Morgan fingerprint density at radius 1 is 0.853 bits per heavy atom. The predicted molar refractivity (Wildman–Crippen MR) is 138 cm³/mol. The fourth-order valence-electron chi connectivity index (χ4n) is 4.50. The Bertz CT molecular complexity index is 1370. The van der Waals surface area contributed by atoms with Gasteiger partial charge in [0.05, 0.1) is 0 Å². The van der Waals surface area contributed by atoms with Crippen molar-refractivity contribution in [2.24, 2.45) is 0 Å². The molecule has 0 bridgehead atoms. The zero-order chi connectivity index (χ0) is 23.5. The van der Waals surface area contributed by atoms with Crippen LogP contribution in [0.5, 0.6) is 0 Å². The summed E-state index contributed by atoms with van der Waals surface area (Å²) in [6.07, 6.45) is 5.79. The van der Waals surface area contributed by atoms with Gasteiger partial charge in [0.25, 0.3) is 5.91 Å². The first-order valence-electron chi connectivity index (χ1n) is 11.8. The molecule has 34 heavy (non-hydrogen) atoms. The number of nitrogens with one attached hydrogen (secondary N) is 1. The standard InChI is InChI=1S/C31H28N2O/c1-22-7-6-18-33(23(22)2)21-24-10-16-30(17-11-24)32-31(34)28-15-13-26-12-14-27(19-29(26)20-28)25-8-4-3-5-9-25/h3-12,14,16-20H,13,15,21H2,1-2H3/p+1. The van der Waals surface area contributed by atoms with Crippen molar-refractivity contribution in [2.75, 3.05) is 5.32 Å². The summed E-state index contributed by atoms with van der Waals surface area (Å²) in [5.74, 6) is -0.0209. The Hall–Kier alpha value is -3.98. The molecule has 3 aromatic carbocycles. The second-order valence-corrected chi connectivity index (χ2v) is 9.00. The van der Waals surface area contributed by atoms with Crippen LogP contribution in [0.1, 0.15) is 34.4 Å². The average molecular weight is 446 g/mol. The Balaban J connectivity index is 1.29. The van der Waals surface area contributed by atoms with E-state index in [-0.39, 0.29) is 5.91 Å². The Kier molecular flexibility index (Phi) is 6.09. The number of anilines is 1. The normalized spacial score (nSPS) is 12.6. The third kappa shape index (κ3) is 4.69. The third-order valence-electron chi connectivity index (χ3n) is 6.72. The van der Waals surface area contributed by atoms with Crippen molar-refractivity contribution in [3.05, 3.63) is 125 Å². The monoisotopic (exact) mass is 445 g/mol. The van der Waals surface area contributed by atoms with Crippen molar-refractivity contribution >= 4 is 17.7 Å². The van der Waals surface area contributed by atoms with Crippen LogP contribution < -0.4 is 9.88 Å². The molecular formula is C31H29N2O+. The molecular weight excluding hydrogens is 416 g/mol. The first-order chi connectivity index (χ1) is 16.6. The maximum absolute atomic E-state index is 13.0. The highest BCUT2D eigenvalue weighted by molar-refractivity contribution is 6.07. The lowest BCUT2D eigenvalue weighted by Gasteiger charge is -2.17. The molecule has 0 radical (unpaired) electrons. The molecule has 1 aliphatic carbocycles. The Morgan fingerprint density at radius 2 is 1.65 bits per heavy atom. The molecule has 0 saturated carbocycles. The molecule has 1 N–H and O–H groups in total. The van der Waals surface area contributed by atoms with Gasteiger partial charge in [-0.2, -0.15) is 4.57 Å². The minimum Gasteiger partial charge on any atom is -0.322 e. The lowest BCUT2D eigenvalue weighted by molar-refractivity contribution is -0.694. The number of hydrogen-bond donors (Lipinski definition) is 1. The number of hydrogen-bond acceptors (Lipinski definition) is 1. The van der Waals surface area contributed by atoms with Gasteiger partial charge in [-0.15, -0.1) is 0 Å². The van der Waals surface area contributed by atoms with E-state index in [9.17, 15) is 4.79 Å². The van der Waals surface area contributed by atoms with Gasteiger partial charge in [-0.3, -0.25) is 4.79 Å². The molecule has 0 aliphatic heterocycles. The van der Waals surface area contributed by atoms with Crippen LogP contribution in [0.3, 0.4) is 0 Å². The van der Waals surface area contributed by atoms with Crippen molar-refractivity contribution < 1.29 is 9.36 Å². The van der Waals surface area contributed by atoms with E-state index in [2.05, 4.69) is 96.7 Å². The molecule has 5 rings (SSSR count). The minimum atomic E-state index is -0.0209. The molecule has 4 aromatic rings. The van der Waals surface area contributed by atoms with Crippen molar-refractivity contribution in [1.82, 2.24) is 0 Å². The van der Waals surface area contributed by atoms with Gasteiger partial charge in [-0.1, -0.05) is 54.6 Å². The van der Waals surface area contributed by atoms with Gasteiger partial charge in [0.15, 0.2) is 18.4 Å². The number of rotatable bonds is 5. The van der Waals surface area contributed by atoms with Crippen molar-refractivity contribution in [1.29, 1.82) is 0 Å². The molecule has 3 heteroatoms. The van der Waals surface area contributed by atoms with E-state index in [0.29, 0.717) is 0 Å². The number of benzene rings is 3. The number of pyridine rings is 1. The fraction of sp³-hybridized carbons (Fsp3) is 0.161. The van der Waals surface area contributed by atoms with Gasteiger partial charge in [-0.25, -0.2) is 0 Å². The molecule has 0 spiro atoms. The van der Waals surface area contributed by atoms with Gasteiger partial charge < -0.3 is 5.32 Å². The van der Waals surface area contributed by atoms with Crippen molar-refractivity contribution in [3.8, 4) is 11.1 Å². The van der Waals surface area contributed by atoms with Crippen LogP contribution in [-0.2, 0) is 17.8 Å².